The normalized spacial score (nSPS) is 16.3. The Labute approximate surface area is 229 Å². The van der Waals surface area contributed by atoms with Crippen LogP contribution in [0.3, 0.4) is 0 Å². The number of nitrogens with zero attached hydrogens (tertiary/aromatic N) is 3. The number of carbonyl (C=O) groups is 1. The number of likely N-dealkylation sites (tertiary alicyclic amines) is 1. The number of amidine groups is 2. The molecule has 1 saturated heterocycles. The van der Waals surface area contributed by atoms with Crippen molar-refractivity contribution >= 4 is 39.7 Å². The number of hydrogen-bond donors (Lipinski definition) is 2. The van der Waals surface area contributed by atoms with Crippen LogP contribution in [0.1, 0.15) is 49.3 Å². The lowest BCUT2D eigenvalue weighted by molar-refractivity contribution is -0.131. The lowest BCUT2D eigenvalue weighted by Crippen LogP contribution is -2.41. The van der Waals surface area contributed by atoms with Crippen molar-refractivity contribution in [1.29, 1.82) is 5.41 Å². The predicted octanol–water partition coefficient (Wildman–Crippen LogP) is 3.64. The Morgan fingerprint density at radius 1 is 1.23 bits per heavy atom. The van der Waals surface area contributed by atoms with Crippen LogP contribution in [0.15, 0.2) is 53.5 Å². The van der Waals surface area contributed by atoms with Crippen LogP contribution in [-0.2, 0) is 19.3 Å². The van der Waals surface area contributed by atoms with Gasteiger partial charge in [0.2, 0.25) is 0 Å². The summed E-state index contributed by atoms with van der Waals surface area (Å²) in [5.74, 6) is 0.918. The van der Waals surface area contributed by atoms with Gasteiger partial charge in [-0.2, -0.15) is 8.42 Å². The zero-order valence-electron chi connectivity index (χ0n) is 22.3. The number of piperidine rings is 1. The van der Waals surface area contributed by atoms with Crippen LogP contribution in [-0.4, -0.2) is 63.2 Å². The van der Waals surface area contributed by atoms with Crippen molar-refractivity contribution in [2.24, 2.45) is 10.7 Å². The number of anilines is 1. The number of aliphatic imine (C=N–C) groups is 1. The third-order valence-corrected chi connectivity index (χ3v) is 8.02. The van der Waals surface area contributed by atoms with Gasteiger partial charge in [0.05, 0.1) is 18.1 Å². The highest BCUT2D eigenvalue weighted by Crippen LogP contribution is 2.29. The maximum Gasteiger partial charge on any atom is 0.412 e. The molecule has 2 aliphatic rings. The number of carbonyl (C=O) groups excluding carboxylic acids is 1. The van der Waals surface area contributed by atoms with Gasteiger partial charge in [0.1, 0.15) is 17.7 Å². The molecule has 2 aromatic rings. The van der Waals surface area contributed by atoms with Crippen molar-refractivity contribution in [3.05, 3.63) is 65.2 Å². The van der Waals surface area contributed by atoms with Gasteiger partial charge in [-0.3, -0.25) is 15.2 Å². The topological polar surface area (TPSA) is 138 Å². The van der Waals surface area contributed by atoms with Gasteiger partial charge in [-0.1, -0.05) is 30.4 Å². The first kappa shape index (κ1) is 28.2. The fourth-order valence-electron chi connectivity index (χ4n) is 4.73. The molecule has 0 radical (unpaired) electrons. The number of ether oxygens (including phenoxy) is 1. The summed E-state index contributed by atoms with van der Waals surface area (Å²) < 4.78 is 37.9. The molecule has 2 heterocycles. The van der Waals surface area contributed by atoms with Crippen LogP contribution in [0.5, 0.6) is 5.75 Å². The monoisotopic (exact) mass is 553 g/mol. The van der Waals surface area contributed by atoms with Gasteiger partial charge < -0.3 is 19.6 Å². The molecule has 39 heavy (non-hydrogen) atoms. The van der Waals surface area contributed by atoms with Gasteiger partial charge in [-0.05, 0) is 48.7 Å². The predicted molar refractivity (Wildman–Crippen MR) is 152 cm³/mol. The molecule has 0 spiro atoms. The van der Waals surface area contributed by atoms with Gasteiger partial charge in [0.15, 0.2) is 0 Å². The van der Waals surface area contributed by atoms with Crippen LogP contribution in [0.4, 0.5) is 5.69 Å². The third kappa shape index (κ3) is 7.38. The highest BCUT2D eigenvalue weighted by atomic mass is 32.2. The molecule has 3 N–H and O–H groups in total. The molecule has 1 fully saturated rings. The van der Waals surface area contributed by atoms with Gasteiger partial charge in [-0.25, -0.2) is 4.31 Å². The zero-order valence-corrected chi connectivity index (χ0v) is 23.1. The van der Waals surface area contributed by atoms with E-state index in [1.165, 1.54) is 5.84 Å². The highest BCUT2D eigenvalue weighted by Gasteiger charge is 2.27. The van der Waals surface area contributed by atoms with E-state index in [1.807, 2.05) is 13.0 Å². The molecule has 10 nitrogen and oxygen atoms in total. The first-order valence-corrected chi connectivity index (χ1v) is 14.4. The summed E-state index contributed by atoms with van der Waals surface area (Å²) in [5.41, 5.74) is 7.99. The van der Waals surface area contributed by atoms with Crippen molar-refractivity contribution in [3.8, 4) is 5.75 Å². The van der Waals surface area contributed by atoms with Crippen molar-refractivity contribution in [2.45, 2.75) is 45.6 Å². The summed E-state index contributed by atoms with van der Waals surface area (Å²) in [5, 5.41) is 7.60. The summed E-state index contributed by atoms with van der Waals surface area (Å²) in [4.78, 5) is 18.5. The molecule has 11 heteroatoms. The lowest BCUT2D eigenvalue weighted by Gasteiger charge is -2.34. The van der Waals surface area contributed by atoms with E-state index in [0.717, 1.165) is 67.7 Å². The van der Waals surface area contributed by atoms with Crippen molar-refractivity contribution in [3.63, 3.8) is 0 Å². The lowest BCUT2D eigenvalue weighted by atomic mass is 10.1. The Kier molecular flexibility index (Phi) is 8.90. The smallest absolute Gasteiger partial charge is 0.412 e. The van der Waals surface area contributed by atoms with Crippen molar-refractivity contribution < 1.29 is 22.1 Å². The second-order valence-electron chi connectivity index (χ2n) is 9.66. The number of aryl methyl sites for hydroxylation is 1. The van der Waals surface area contributed by atoms with Gasteiger partial charge in [-0.15, -0.1) is 0 Å². The number of nitrogens with one attached hydrogen (secondary N) is 1. The van der Waals surface area contributed by atoms with Crippen LogP contribution in [0.2, 0.25) is 0 Å². The molecule has 0 aromatic heterocycles. The van der Waals surface area contributed by atoms with E-state index in [-0.39, 0.29) is 18.5 Å². The van der Waals surface area contributed by atoms with E-state index in [9.17, 15) is 13.2 Å². The van der Waals surface area contributed by atoms with Crippen LogP contribution in [0.25, 0.3) is 6.08 Å². The second-order valence-corrected chi connectivity index (χ2v) is 11.1. The fraction of sp³-hybridized carbons (Fsp3) is 0.393. The third-order valence-electron chi connectivity index (χ3n) is 6.67. The van der Waals surface area contributed by atoms with E-state index in [1.54, 1.807) is 48.6 Å². The molecule has 2 aliphatic heterocycles. The van der Waals surface area contributed by atoms with E-state index in [0.29, 0.717) is 17.0 Å². The zero-order chi connectivity index (χ0) is 28.0. The Morgan fingerprint density at radius 3 is 2.64 bits per heavy atom. The van der Waals surface area contributed by atoms with E-state index in [2.05, 4.69) is 14.1 Å². The molecule has 2 aromatic carbocycles. The molecular weight excluding hydrogens is 518 g/mol. The Balaban J connectivity index is 1.47. The number of rotatable bonds is 9. The Morgan fingerprint density at radius 2 is 2.00 bits per heavy atom. The Bertz CT molecular complexity index is 1380. The first-order valence-electron chi connectivity index (χ1n) is 13.0. The summed E-state index contributed by atoms with van der Waals surface area (Å²) in [6.07, 6.45) is 7.40. The van der Waals surface area contributed by atoms with Gasteiger partial charge in [0, 0.05) is 51.4 Å². The largest absolute Gasteiger partial charge is 0.490 e. The maximum atomic E-state index is 12.9. The average Bonchev–Trinajstić information content (AvgIpc) is 3.43. The molecule has 0 unspecified atom stereocenters. The molecule has 0 amide bonds. The SMILES string of the molecule is CC(=O)OS(=O)(=O)N(C/C=C/c1cccc(C(=N)N)c1)c1ccc(OC2CCN(C3=NCCC3)CC2)c(C)c1. The summed E-state index contributed by atoms with van der Waals surface area (Å²) in [7, 11) is -4.40. The minimum atomic E-state index is -4.40. The second kappa shape index (κ2) is 12.3. The Hall–Kier alpha value is -3.86. The molecule has 4 rings (SSSR count). The first-order chi connectivity index (χ1) is 18.6. The van der Waals surface area contributed by atoms with E-state index in [4.69, 9.17) is 15.9 Å². The number of hydrogen-bond acceptors (Lipinski definition) is 8. The van der Waals surface area contributed by atoms with Crippen LogP contribution >= 0.6 is 0 Å². The molecular formula is C28H35N5O5S. The molecule has 0 atom stereocenters. The van der Waals surface area contributed by atoms with Crippen LogP contribution < -0.4 is 14.8 Å². The number of benzene rings is 2. The summed E-state index contributed by atoms with van der Waals surface area (Å²) in [6, 6.07) is 12.1. The minimum absolute atomic E-state index is 0.0594. The number of nitrogens with two attached hydrogens (primary N) is 1. The molecule has 0 aliphatic carbocycles. The molecule has 208 valence electrons. The number of nitrogen functional groups attached to an aromatic ring is 1. The van der Waals surface area contributed by atoms with E-state index >= 15 is 0 Å². The van der Waals surface area contributed by atoms with Gasteiger partial charge in [0.25, 0.3) is 0 Å². The molecule has 0 bridgehead atoms. The highest BCUT2D eigenvalue weighted by molar-refractivity contribution is 7.88. The summed E-state index contributed by atoms with van der Waals surface area (Å²) >= 11 is 0. The van der Waals surface area contributed by atoms with Crippen LogP contribution in [0, 0.1) is 12.3 Å². The van der Waals surface area contributed by atoms with Gasteiger partial charge >= 0.3 is 16.3 Å². The summed E-state index contributed by atoms with van der Waals surface area (Å²) in [6.45, 7) is 5.58. The molecule has 0 saturated carbocycles. The average molecular weight is 554 g/mol. The van der Waals surface area contributed by atoms with Crippen molar-refractivity contribution in [1.82, 2.24) is 4.90 Å². The quantitative estimate of drug-likeness (QED) is 0.357. The minimum Gasteiger partial charge on any atom is -0.490 e. The fourth-order valence-corrected chi connectivity index (χ4v) is 5.76. The van der Waals surface area contributed by atoms with Crippen molar-refractivity contribution in [2.75, 3.05) is 30.5 Å². The van der Waals surface area contributed by atoms with E-state index < -0.39 is 16.3 Å². The maximum absolute atomic E-state index is 12.9. The standard InChI is InChI=1S/C28H35N5O5S/c1-20-18-24(10-11-26(20)37-25-12-16-32(17-13-25)27-9-4-14-31-27)33(39(35,36)38-21(2)34)15-5-7-22-6-3-8-23(19-22)28(29)30/h3,5-8,10-11,18-19,25H,4,9,12-17H2,1-2H3,(H3,29,30)/b7-5+.